The lowest BCUT2D eigenvalue weighted by Gasteiger charge is -2.27. The molecule has 0 aromatic heterocycles. The molecule has 2 unspecified atom stereocenters. The van der Waals surface area contributed by atoms with E-state index >= 15 is 0 Å². The smallest absolute Gasteiger partial charge is 0.326 e. The summed E-state index contributed by atoms with van der Waals surface area (Å²) in [6, 6.07) is 6.07. The molecular formula is C16H22FNO3. The molecule has 5 heteroatoms. The van der Waals surface area contributed by atoms with Crippen LogP contribution in [0.2, 0.25) is 0 Å². The van der Waals surface area contributed by atoms with E-state index in [0.717, 1.165) is 6.42 Å². The monoisotopic (exact) mass is 295 g/mol. The fourth-order valence-electron chi connectivity index (χ4n) is 2.86. The van der Waals surface area contributed by atoms with Gasteiger partial charge in [0.05, 0.1) is 6.61 Å². The first-order valence-corrected chi connectivity index (χ1v) is 7.44. The number of esters is 1. The molecule has 1 aliphatic carbocycles. The molecule has 0 heterocycles. The van der Waals surface area contributed by atoms with Crippen molar-refractivity contribution < 1.29 is 18.7 Å². The van der Waals surface area contributed by atoms with Crippen molar-refractivity contribution in [3.63, 3.8) is 0 Å². The Hall–Kier alpha value is -1.62. The van der Waals surface area contributed by atoms with E-state index < -0.39 is 5.54 Å². The van der Waals surface area contributed by atoms with Crippen molar-refractivity contribution in [2.75, 3.05) is 13.2 Å². The molecule has 0 radical (unpaired) electrons. The van der Waals surface area contributed by atoms with Crippen LogP contribution in [0.1, 0.15) is 33.1 Å². The van der Waals surface area contributed by atoms with Gasteiger partial charge in [0, 0.05) is 12.5 Å². The first-order valence-electron chi connectivity index (χ1n) is 7.44. The zero-order valence-electron chi connectivity index (χ0n) is 12.5. The van der Waals surface area contributed by atoms with Crippen LogP contribution in [-0.2, 0) is 9.53 Å². The SMILES string of the molecule is CCNC1(C(=O)OCC)CCC(Oc2cccc(F)c2)C1. The number of hydrogen-bond acceptors (Lipinski definition) is 4. The lowest BCUT2D eigenvalue weighted by atomic mass is 9.97. The number of halogens is 1. The predicted molar refractivity (Wildman–Crippen MR) is 77.7 cm³/mol. The van der Waals surface area contributed by atoms with Crippen LogP contribution in [0, 0.1) is 5.82 Å². The molecule has 0 saturated heterocycles. The van der Waals surface area contributed by atoms with Gasteiger partial charge in [-0.25, -0.2) is 4.39 Å². The molecular weight excluding hydrogens is 273 g/mol. The van der Waals surface area contributed by atoms with E-state index in [4.69, 9.17) is 9.47 Å². The fourth-order valence-corrected chi connectivity index (χ4v) is 2.86. The minimum Gasteiger partial charge on any atom is -0.490 e. The Kier molecular flexibility index (Phi) is 5.17. The summed E-state index contributed by atoms with van der Waals surface area (Å²) in [5, 5.41) is 3.24. The van der Waals surface area contributed by atoms with E-state index in [1.807, 2.05) is 6.92 Å². The number of benzene rings is 1. The van der Waals surface area contributed by atoms with Gasteiger partial charge in [-0.3, -0.25) is 4.79 Å². The van der Waals surface area contributed by atoms with E-state index in [0.29, 0.717) is 31.7 Å². The predicted octanol–water partition coefficient (Wildman–Crippen LogP) is 2.67. The Balaban J connectivity index is 2.04. The van der Waals surface area contributed by atoms with Gasteiger partial charge >= 0.3 is 5.97 Å². The van der Waals surface area contributed by atoms with Gasteiger partial charge < -0.3 is 14.8 Å². The number of nitrogens with one attached hydrogen (secondary N) is 1. The maximum atomic E-state index is 13.2. The normalized spacial score (nSPS) is 24.8. The number of rotatable bonds is 6. The van der Waals surface area contributed by atoms with Gasteiger partial charge in [0.1, 0.15) is 23.2 Å². The number of carbonyl (C=O) groups is 1. The first kappa shape index (κ1) is 15.8. The van der Waals surface area contributed by atoms with Gasteiger partial charge in [-0.05, 0) is 38.4 Å². The molecule has 116 valence electrons. The summed E-state index contributed by atoms with van der Waals surface area (Å²) in [4.78, 5) is 12.2. The summed E-state index contributed by atoms with van der Waals surface area (Å²) >= 11 is 0. The first-order chi connectivity index (χ1) is 10.1. The maximum Gasteiger partial charge on any atom is 0.326 e. The van der Waals surface area contributed by atoms with E-state index in [2.05, 4.69) is 5.32 Å². The molecule has 0 amide bonds. The lowest BCUT2D eigenvalue weighted by Crippen LogP contribution is -2.51. The third-order valence-corrected chi connectivity index (χ3v) is 3.75. The molecule has 0 spiro atoms. The summed E-state index contributed by atoms with van der Waals surface area (Å²) < 4.78 is 24.2. The van der Waals surface area contributed by atoms with Gasteiger partial charge in [0.2, 0.25) is 0 Å². The van der Waals surface area contributed by atoms with Crippen molar-refractivity contribution in [1.82, 2.24) is 5.32 Å². The summed E-state index contributed by atoms with van der Waals surface area (Å²) in [5.41, 5.74) is -0.678. The van der Waals surface area contributed by atoms with E-state index in [1.165, 1.54) is 12.1 Å². The fraction of sp³-hybridized carbons (Fsp3) is 0.562. The Morgan fingerprint density at radius 3 is 2.95 bits per heavy atom. The van der Waals surface area contributed by atoms with E-state index in [9.17, 15) is 9.18 Å². The summed E-state index contributed by atoms with van der Waals surface area (Å²) in [6.07, 6.45) is 1.83. The maximum absolute atomic E-state index is 13.2. The number of carbonyl (C=O) groups excluding carboxylic acids is 1. The van der Waals surface area contributed by atoms with Crippen LogP contribution in [0.25, 0.3) is 0 Å². The highest BCUT2D eigenvalue weighted by molar-refractivity contribution is 5.81. The Morgan fingerprint density at radius 1 is 1.48 bits per heavy atom. The average Bonchev–Trinajstić information content (AvgIpc) is 2.84. The van der Waals surface area contributed by atoms with Gasteiger partial charge in [0.15, 0.2) is 0 Å². The van der Waals surface area contributed by atoms with Gasteiger partial charge in [0.25, 0.3) is 0 Å². The quantitative estimate of drug-likeness (QED) is 0.820. The minimum atomic E-state index is -0.678. The molecule has 0 bridgehead atoms. The molecule has 1 aromatic carbocycles. The van der Waals surface area contributed by atoms with Gasteiger partial charge in [-0.1, -0.05) is 13.0 Å². The lowest BCUT2D eigenvalue weighted by molar-refractivity contribution is -0.151. The van der Waals surface area contributed by atoms with Crippen molar-refractivity contribution in [3.8, 4) is 5.75 Å². The molecule has 2 rings (SSSR count). The number of likely N-dealkylation sites (N-methyl/N-ethyl adjacent to an activating group) is 1. The van der Waals surface area contributed by atoms with Gasteiger partial charge in [-0.2, -0.15) is 0 Å². The van der Waals surface area contributed by atoms with Gasteiger partial charge in [-0.15, -0.1) is 0 Å². The van der Waals surface area contributed by atoms with Crippen LogP contribution in [0.15, 0.2) is 24.3 Å². The molecule has 1 aromatic rings. The van der Waals surface area contributed by atoms with Crippen LogP contribution >= 0.6 is 0 Å². The number of hydrogen-bond donors (Lipinski definition) is 1. The van der Waals surface area contributed by atoms with Crippen LogP contribution in [0.3, 0.4) is 0 Å². The zero-order chi connectivity index (χ0) is 15.3. The summed E-state index contributed by atoms with van der Waals surface area (Å²) in [6.45, 7) is 4.81. The molecule has 1 fully saturated rings. The molecule has 2 atom stereocenters. The van der Waals surface area contributed by atoms with E-state index in [-0.39, 0.29) is 17.9 Å². The molecule has 4 nitrogen and oxygen atoms in total. The van der Waals surface area contributed by atoms with Crippen molar-refractivity contribution in [1.29, 1.82) is 0 Å². The topological polar surface area (TPSA) is 47.6 Å². The Bertz CT molecular complexity index is 494. The highest BCUT2D eigenvalue weighted by Crippen LogP contribution is 2.34. The number of ether oxygens (including phenoxy) is 2. The van der Waals surface area contributed by atoms with Crippen molar-refractivity contribution in [2.24, 2.45) is 0 Å². The Morgan fingerprint density at radius 2 is 2.29 bits per heavy atom. The average molecular weight is 295 g/mol. The summed E-state index contributed by atoms with van der Waals surface area (Å²) in [7, 11) is 0. The second-order valence-corrected chi connectivity index (χ2v) is 5.27. The van der Waals surface area contributed by atoms with Crippen LogP contribution in [-0.4, -0.2) is 30.8 Å². The molecule has 0 aliphatic heterocycles. The third kappa shape index (κ3) is 3.73. The molecule has 1 aliphatic rings. The molecule has 1 N–H and O–H groups in total. The third-order valence-electron chi connectivity index (χ3n) is 3.75. The van der Waals surface area contributed by atoms with Crippen LogP contribution < -0.4 is 10.1 Å². The second kappa shape index (κ2) is 6.89. The molecule has 1 saturated carbocycles. The van der Waals surface area contributed by atoms with Crippen molar-refractivity contribution >= 4 is 5.97 Å². The van der Waals surface area contributed by atoms with Crippen molar-refractivity contribution in [3.05, 3.63) is 30.1 Å². The highest BCUT2D eigenvalue weighted by atomic mass is 19.1. The zero-order valence-corrected chi connectivity index (χ0v) is 12.5. The summed E-state index contributed by atoms with van der Waals surface area (Å²) in [5.74, 6) is -0.0535. The van der Waals surface area contributed by atoms with E-state index in [1.54, 1.807) is 19.1 Å². The Labute approximate surface area is 124 Å². The minimum absolute atomic E-state index is 0.116. The highest BCUT2D eigenvalue weighted by Gasteiger charge is 2.46. The van der Waals surface area contributed by atoms with Crippen LogP contribution in [0.4, 0.5) is 4.39 Å². The second-order valence-electron chi connectivity index (χ2n) is 5.27. The van der Waals surface area contributed by atoms with Crippen LogP contribution in [0.5, 0.6) is 5.75 Å². The van der Waals surface area contributed by atoms with Crippen molar-refractivity contribution in [2.45, 2.75) is 44.8 Å². The molecule has 21 heavy (non-hydrogen) atoms. The standard InChI is InChI=1S/C16H22FNO3/c1-3-18-16(15(19)20-4-2)9-8-14(11-16)21-13-7-5-6-12(17)10-13/h5-7,10,14,18H,3-4,8-9,11H2,1-2H3. The largest absolute Gasteiger partial charge is 0.490 e.